The number of hydrogen-bond donors (Lipinski definition) is 4. The maximum Gasteiger partial charge on any atom is 0.326 e. The average Bonchev–Trinajstić information content (AvgIpc) is 3.18. The molecule has 3 atom stereocenters. The molecule has 0 aliphatic rings. The van der Waals surface area contributed by atoms with Gasteiger partial charge in [0.15, 0.2) is 11.5 Å². The molecule has 14 heteroatoms. The van der Waals surface area contributed by atoms with Gasteiger partial charge in [-0.2, -0.15) is 0 Å². The van der Waals surface area contributed by atoms with Crippen molar-refractivity contribution >= 4 is 36.4 Å². The fourth-order valence-corrected chi connectivity index (χ4v) is 6.02. The minimum atomic E-state index is -3.61. The van der Waals surface area contributed by atoms with Gasteiger partial charge in [-0.05, 0) is 34.1 Å². The first kappa shape index (κ1) is 29.6. The number of rotatable bonds is 16. The molecule has 0 amide bonds. The van der Waals surface area contributed by atoms with Crippen molar-refractivity contribution in [3.8, 4) is 0 Å². The normalized spacial score (nSPS) is 15.4. The number of carbonyl (C=O) groups excluding carboxylic acids is 1. The van der Waals surface area contributed by atoms with E-state index in [1.807, 2.05) is 6.92 Å². The quantitative estimate of drug-likeness (QED) is 0.142. The van der Waals surface area contributed by atoms with E-state index in [0.29, 0.717) is 17.7 Å². The lowest BCUT2D eigenvalue weighted by molar-refractivity contribution is -0.149. The van der Waals surface area contributed by atoms with Crippen molar-refractivity contribution in [2.24, 2.45) is 0 Å². The first-order valence-corrected chi connectivity index (χ1v) is 13.8. The second kappa shape index (κ2) is 13.1. The number of ether oxygens (including phenoxy) is 2. The predicted octanol–water partition coefficient (Wildman–Crippen LogP) is 2.52. The standard InChI is InChI=1S/C22H38N7O6P/c1-6-7-8-9-34-21(32)22(4,5)28-36(33,27-15(2)10-17(30)31)14-35-16(3)11-29-13-26-18-19(23)24-12-25-20(18)29/h12-13,15-16H,6-11,14H2,1-5H3,(H,30,31)(H2,23,24,25)(H2,27,28,33)/t15-,16-,36?/m0/s1. The minimum absolute atomic E-state index is 0.259. The number of nitrogens with one attached hydrogen (secondary N) is 2. The smallest absolute Gasteiger partial charge is 0.326 e. The van der Waals surface area contributed by atoms with Crippen LogP contribution in [0.15, 0.2) is 12.7 Å². The van der Waals surface area contributed by atoms with Gasteiger partial charge in [0.1, 0.15) is 23.7 Å². The van der Waals surface area contributed by atoms with Crippen LogP contribution in [0.4, 0.5) is 5.82 Å². The number of hydrogen-bond acceptors (Lipinski definition) is 9. The van der Waals surface area contributed by atoms with Crippen LogP contribution in [0.25, 0.3) is 11.2 Å². The second-order valence-electron chi connectivity index (χ2n) is 9.38. The highest BCUT2D eigenvalue weighted by atomic mass is 31.2. The highest BCUT2D eigenvalue weighted by molar-refractivity contribution is 7.59. The Kier molecular flexibility index (Phi) is 10.8. The number of nitrogens with two attached hydrogens (primary N) is 1. The maximum absolute atomic E-state index is 13.9. The van der Waals surface area contributed by atoms with Crippen LogP contribution in [0.2, 0.25) is 0 Å². The summed E-state index contributed by atoms with van der Waals surface area (Å²) in [5, 5.41) is 14.8. The molecule has 0 aliphatic heterocycles. The zero-order valence-electron chi connectivity index (χ0n) is 21.6. The Morgan fingerprint density at radius 2 is 1.97 bits per heavy atom. The van der Waals surface area contributed by atoms with Crippen molar-refractivity contribution in [3.05, 3.63) is 12.7 Å². The van der Waals surface area contributed by atoms with E-state index in [2.05, 4.69) is 25.1 Å². The second-order valence-corrected chi connectivity index (χ2v) is 11.6. The van der Waals surface area contributed by atoms with Crippen LogP contribution in [0.1, 0.15) is 60.3 Å². The summed E-state index contributed by atoms with van der Waals surface area (Å²) in [5.74, 6) is -1.33. The molecule has 36 heavy (non-hydrogen) atoms. The molecule has 0 fully saturated rings. The summed E-state index contributed by atoms with van der Waals surface area (Å²) >= 11 is 0. The van der Waals surface area contributed by atoms with Gasteiger partial charge in [-0.25, -0.2) is 25.1 Å². The largest absolute Gasteiger partial charge is 0.481 e. The first-order chi connectivity index (χ1) is 16.9. The van der Waals surface area contributed by atoms with Gasteiger partial charge in [-0.1, -0.05) is 19.8 Å². The predicted molar refractivity (Wildman–Crippen MR) is 135 cm³/mol. The van der Waals surface area contributed by atoms with Crippen LogP contribution in [0.5, 0.6) is 0 Å². The van der Waals surface area contributed by atoms with E-state index in [4.69, 9.17) is 20.3 Å². The minimum Gasteiger partial charge on any atom is -0.481 e. The van der Waals surface area contributed by atoms with Crippen LogP contribution in [0, 0.1) is 0 Å². The molecule has 0 saturated heterocycles. The molecule has 0 aliphatic carbocycles. The Bertz CT molecular complexity index is 1080. The Morgan fingerprint density at radius 3 is 2.64 bits per heavy atom. The SMILES string of the molecule is CCCCCOC(=O)C(C)(C)NP(=O)(CO[C@@H](C)Cn1cnc2c(N)ncnc21)N[C@@H](C)CC(=O)O. The third-order valence-electron chi connectivity index (χ3n) is 5.29. The molecule has 13 nitrogen and oxygen atoms in total. The third-order valence-corrected chi connectivity index (χ3v) is 7.58. The van der Waals surface area contributed by atoms with Crippen LogP contribution >= 0.6 is 7.44 Å². The van der Waals surface area contributed by atoms with E-state index >= 15 is 0 Å². The van der Waals surface area contributed by atoms with Gasteiger partial charge in [0.2, 0.25) is 7.44 Å². The molecule has 2 heterocycles. The summed E-state index contributed by atoms with van der Waals surface area (Å²) < 4.78 is 26.9. The topological polar surface area (TPSA) is 184 Å². The van der Waals surface area contributed by atoms with Gasteiger partial charge in [0.05, 0.1) is 32.0 Å². The Hall–Kier alpha value is -2.60. The van der Waals surface area contributed by atoms with Crippen LogP contribution < -0.4 is 15.9 Å². The van der Waals surface area contributed by atoms with Gasteiger partial charge in [-0.3, -0.25) is 14.2 Å². The zero-order valence-corrected chi connectivity index (χ0v) is 22.5. The van der Waals surface area contributed by atoms with E-state index in [-0.39, 0.29) is 25.2 Å². The molecule has 0 saturated carbocycles. The molecule has 0 spiro atoms. The lowest BCUT2D eigenvalue weighted by Crippen LogP contribution is -2.49. The number of esters is 1. The number of aromatic nitrogens is 4. The zero-order chi connectivity index (χ0) is 26.9. The van der Waals surface area contributed by atoms with Gasteiger partial charge in [-0.15, -0.1) is 0 Å². The molecule has 1 unspecified atom stereocenters. The van der Waals surface area contributed by atoms with Gasteiger partial charge in [0.25, 0.3) is 0 Å². The highest BCUT2D eigenvalue weighted by Gasteiger charge is 2.38. The number of nitrogens with zero attached hydrogens (tertiary/aromatic N) is 4. The molecule has 2 aromatic rings. The van der Waals surface area contributed by atoms with Crippen molar-refractivity contribution in [2.45, 2.75) is 84.5 Å². The molecule has 2 aromatic heterocycles. The van der Waals surface area contributed by atoms with Crippen LogP contribution in [-0.2, 0) is 30.2 Å². The molecule has 0 bridgehead atoms. The maximum atomic E-state index is 13.9. The number of nitrogen functional groups attached to an aromatic ring is 1. The number of carbonyl (C=O) groups is 2. The number of unbranched alkanes of at least 4 members (excludes halogenated alkanes) is 2. The van der Waals surface area contributed by atoms with E-state index < -0.39 is 37.1 Å². The lowest BCUT2D eigenvalue weighted by Gasteiger charge is -2.32. The van der Waals surface area contributed by atoms with Crippen molar-refractivity contribution in [1.29, 1.82) is 0 Å². The van der Waals surface area contributed by atoms with Crippen molar-refractivity contribution in [3.63, 3.8) is 0 Å². The molecular weight excluding hydrogens is 489 g/mol. The number of anilines is 1. The molecule has 202 valence electrons. The summed E-state index contributed by atoms with van der Waals surface area (Å²) in [6, 6.07) is -0.645. The third kappa shape index (κ3) is 8.81. The average molecular weight is 528 g/mol. The molecule has 0 aromatic carbocycles. The molecular formula is C22H38N7O6P. The fraction of sp³-hybridized carbons (Fsp3) is 0.682. The summed E-state index contributed by atoms with van der Waals surface area (Å²) in [6.07, 6.45) is 4.59. The van der Waals surface area contributed by atoms with Crippen LogP contribution in [-0.4, -0.2) is 67.2 Å². The van der Waals surface area contributed by atoms with Gasteiger partial charge in [0, 0.05) is 6.04 Å². The Labute approximate surface area is 211 Å². The highest BCUT2D eigenvalue weighted by Crippen LogP contribution is 2.40. The summed E-state index contributed by atoms with van der Waals surface area (Å²) in [5.41, 5.74) is 5.54. The van der Waals surface area contributed by atoms with E-state index in [1.165, 1.54) is 6.33 Å². The number of fused-ring (bicyclic) bond motifs is 1. The van der Waals surface area contributed by atoms with Crippen molar-refractivity contribution in [1.82, 2.24) is 29.7 Å². The number of aliphatic carboxylic acids is 1. The molecule has 2 rings (SSSR count). The molecule has 5 N–H and O–H groups in total. The fourth-order valence-electron chi connectivity index (χ4n) is 3.55. The van der Waals surface area contributed by atoms with Crippen LogP contribution in [0.3, 0.4) is 0 Å². The van der Waals surface area contributed by atoms with E-state index in [1.54, 1.807) is 38.6 Å². The Balaban J connectivity index is 2.10. The van der Waals surface area contributed by atoms with Crippen molar-refractivity contribution in [2.75, 3.05) is 18.7 Å². The number of carboxylic acid groups (broad SMARTS) is 1. The van der Waals surface area contributed by atoms with Gasteiger partial charge >= 0.3 is 11.9 Å². The van der Waals surface area contributed by atoms with E-state index in [9.17, 15) is 14.2 Å². The van der Waals surface area contributed by atoms with E-state index in [0.717, 1.165) is 19.3 Å². The molecule has 0 radical (unpaired) electrons. The summed E-state index contributed by atoms with van der Waals surface area (Å²) in [4.78, 5) is 36.2. The summed E-state index contributed by atoms with van der Waals surface area (Å²) in [6.45, 7) is 9.17. The number of imidazole rings is 1. The Morgan fingerprint density at radius 1 is 1.25 bits per heavy atom. The lowest BCUT2D eigenvalue weighted by atomic mass is 10.1. The monoisotopic (exact) mass is 527 g/mol. The first-order valence-electron chi connectivity index (χ1n) is 11.9. The number of carboxylic acids is 1. The summed E-state index contributed by atoms with van der Waals surface area (Å²) in [7, 11) is -3.61. The van der Waals surface area contributed by atoms with Crippen molar-refractivity contribution < 1.29 is 28.7 Å². The van der Waals surface area contributed by atoms with Gasteiger partial charge < -0.3 is 24.9 Å².